The Hall–Kier alpha value is -2.54. The highest BCUT2D eigenvalue weighted by atomic mass is 32.2. The molecule has 0 radical (unpaired) electrons. The van der Waals surface area contributed by atoms with Crippen LogP contribution in [0.25, 0.3) is 0 Å². The number of hydrogen-bond donors (Lipinski definition) is 2. The summed E-state index contributed by atoms with van der Waals surface area (Å²) in [5, 5.41) is 2.92. The molecule has 0 aliphatic carbocycles. The van der Waals surface area contributed by atoms with Crippen LogP contribution < -0.4 is 14.8 Å². The van der Waals surface area contributed by atoms with E-state index in [1.54, 1.807) is 25.3 Å². The van der Waals surface area contributed by atoms with E-state index in [4.69, 9.17) is 4.74 Å². The average molecular weight is 362 g/mol. The van der Waals surface area contributed by atoms with Gasteiger partial charge in [0.05, 0.1) is 25.8 Å². The summed E-state index contributed by atoms with van der Waals surface area (Å²) in [5.41, 5.74) is 2.17. The Morgan fingerprint density at radius 1 is 1.16 bits per heavy atom. The van der Waals surface area contributed by atoms with Gasteiger partial charge in [-0.15, -0.1) is 0 Å². The van der Waals surface area contributed by atoms with Gasteiger partial charge in [0, 0.05) is 5.69 Å². The summed E-state index contributed by atoms with van der Waals surface area (Å²) in [6.45, 7) is 1.85. The number of sulfonamides is 1. The van der Waals surface area contributed by atoms with Crippen molar-refractivity contribution in [2.24, 2.45) is 0 Å². The third-order valence-electron chi connectivity index (χ3n) is 3.59. The molecule has 2 N–H and O–H groups in total. The second-order valence-electron chi connectivity index (χ2n) is 5.81. The molecule has 0 fully saturated rings. The summed E-state index contributed by atoms with van der Waals surface area (Å²) < 4.78 is 30.2. The number of ether oxygens (including phenoxy) is 1. The van der Waals surface area contributed by atoms with E-state index in [1.165, 1.54) is 0 Å². The SMILES string of the molecule is COc1ccc(CC(=O)NC(C)c2cccc(NS(C)(=O)=O)c2)cc1. The van der Waals surface area contributed by atoms with Gasteiger partial charge in [0.15, 0.2) is 0 Å². The second kappa shape index (κ2) is 8.02. The molecule has 0 aliphatic heterocycles. The Morgan fingerprint density at radius 3 is 2.44 bits per heavy atom. The third kappa shape index (κ3) is 6.11. The molecule has 0 aliphatic rings. The molecule has 0 heterocycles. The molecule has 0 saturated heterocycles. The Kier molecular flexibility index (Phi) is 6.03. The van der Waals surface area contributed by atoms with E-state index >= 15 is 0 Å². The number of carbonyl (C=O) groups is 1. The van der Waals surface area contributed by atoms with Crippen molar-refractivity contribution in [3.63, 3.8) is 0 Å². The molecule has 0 aromatic heterocycles. The summed E-state index contributed by atoms with van der Waals surface area (Å²) in [6.07, 6.45) is 1.36. The Labute approximate surface area is 148 Å². The number of anilines is 1. The van der Waals surface area contributed by atoms with Gasteiger partial charge in [-0.3, -0.25) is 9.52 Å². The Morgan fingerprint density at radius 2 is 1.84 bits per heavy atom. The maximum atomic E-state index is 12.2. The fraction of sp³-hybridized carbons (Fsp3) is 0.278. The number of methoxy groups -OCH3 is 1. The second-order valence-corrected chi connectivity index (χ2v) is 7.56. The lowest BCUT2D eigenvalue weighted by molar-refractivity contribution is -0.121. The van der Waals surface area contributed by atoms with Crippen LogP contribution in [0, 0.1) is 0 Å². The lowest BCUT2D eigenvalue weighted by atomic mass is 10.1. The number of benzene rings is 2. The summed E-state index contributed by atoms with van der Waals surface area (Å²) in [7, 11) is -1.74. The molecule has 1 unspecified atom stereocenters. The molecule has 0 saturated carbocycles. The predicted molar refractivity (Wildman–Crippen MR) is 98.2 cm³/mol. The fourth-order valence-electron chi connectivity index (χ4n) is 2.39. The van der Waals surface area contributed by atoms with E-state index in [2.05, 4.69) is 10.0 Å². The van der Waals surface area contributed by atoms with E-state index in [0.29, 0.717) is 5.69 Å². The highest BCUT2D eigenvalue weighted by Gasteiger charge is 2.11. The third-order valence-corrected chi connectivity index (χ3v) is 4.20. The molecule has 6 nitrogen and oxygen atoms in total. The van der Waals surface area contributed by atoms with E-state index in [0.717, 1.165) is 23.1 Å². The molecule has 0 spiro atoms. The lowest BCUT2D eigenvalue weighted by Crippen LogP contribution is -2.28. The molecular weight excluding hydrogens is 340 g/mol. The van der Waals surface area contributed by atoms with E-state index in [9.17, 15) is 13.2 Å². The largest absolute Gasteiger partial charge is 0.497 e. The van der Waals surface area contributed by atoms with Gasteiger partial charge >= 0.3 is 0 Å². The van der Waals surface area contributed by atoms with Crippen molar-refractivity contribution in [1.29, 1.82) is 0 Å². The number of rotatable bonds is 7. The topological polar surface area (TPSA) is 84.5 Å². The van der Waals surface area contributed by atoms with Gasteiger partial charge in [-0.2, -0.15) is 0 Å². The Balaban J connectivity index is 1.99. The lowest BCUT2D eigenvalue weighted by Gasteiger charge is -2.16. The van der Waals surface area contributed by atoms with Crippen LogP contribution in [0.5, 0.6) is 5.75 Å². The molecular formula is C18H22N2O4S. The number of hydrogen-bond acceptors (Lipinski definition) is 4. The molecule has 134 valence electrons. The van der Waals surface area contributed by atoms with Gasteiger partial charge in [-0.25, -0.2) is 8.42 Å². The summed E-state index contributed by atoms with van der Waals surface area (Å²) in [4.78, 5) is 12.2. The van der Waals surface area contributed by atoms with Crippen molar-refractivity contribution in [3.8, 4) is 5.75 Å². The zero-order valence-corrected chi connectivity index (χ0v) is 15.3. The molecule has 1 atom stereocenters. The molecule has 1 amide bonds. The quantitative estimate of drug-likeness (QED) is 0.792. The Bertz CT molecular complexity index is 832. The predicted octanol–water partition coefficient (Wildman–Crippen LogP) is 2.49. The minimum absolute atomic E-state index is 0.112. The van der Waals surface area contributed by atoms with Crippen LogP contribution in [0.1, 0.15) is 24.1 Å². The van der Waals surface area contributed by atoms with Gasteiger partial charge in [-0.05, 0) is 42.3 Å². The number of carbonyl (C=O) groups excluding carboxylic acids is 1. The highest BCUT2D eigenvalue weighted by molar-refractivity contribution is 7.92. The molecule has 25 heavy (non-hydrogen) atoms. The first-order chi connectivity index (χ1) is 11.8. The molecule has 0 bridgehead atoms. The van der Waals surface area contributed by atoms with Gasteiger partial charge in [-0.1, -0.05) is 24.3 Å². The van der Waals surface area contributed by atoms with E-state index in [1.807, 2.05) is 37.3 Å². The maximum Gasteiger partial charge on any atom is 0.229 e. The average Bonchev–Trinajstić information content (AvgIpc) is 2.54. The van der Waals surface area contributed by atoms with Crippen LogP contribution in [0.15, 0.2) is 48.5 Å². The van der Waals surface area contributed by atoms with Crippen molar-refractivity contribution in [3.05, 3.63) is 59.7 Å². The standard InChI is InChI=1S/C18H22N2O4S/c1-13(15-5-4-6-16(12-15)20-25(3,22)23)19-18(21)11-14-7-9-17(24-2)10-8-14/h4-10,12-13,20H,11H2,1-3H3,(H,19,21). The van der Waals surface area contributed by atoms with Crippen LogP contribution >= 0.6 is 0 Å². The van der Waals surface area contributed by atoms with Crippen molar-refractivity contribution in [1.82, 2.24) is 5.32 Å². The van der Waals surface area contributed by atoms with Gasteiger partial charge in [0.1, 0.15) is 5.75 Å². The first kappa shape index (κ1) is 18.8. The molecule has 7 heteroatoms. The normalized spacial score (nSPS) is 12.3. The first-order valence-electron chi connectivity index (χ1n) is 7.77. The minimum atomic E-state index is -3.34. The van der Waals surface area contributed by atoms with Gasteiger partial charge in [0.25, 0.3) is 0 Å². The number of nitrogens with one attached hydrogen (secondary N) is 2. The first-order valence-corrected chi connectivity index (χ1v) is 9.66. The van der Waals surface area contributed by atoms with Crippen molar-refractivity contribution < 1.29 is 17.9 Å². The smallest absolute Gasteiger partial charge is 0.229 e. The monoisotopic (exact) mass is 362 g/mol. The fourth-order valence-corrected chi connectivity index (χ4v) is 2.95. The van der Waals surface area contributed by atoms with E-state index in [-0.39, 0.29) is 18.4 Å². The van der Waals surface area contributed by atoms with Crippen molar-refractivity contribution in [2.45, 2.75) is 19.4 Å². The van der Waals surface area contributed by atoms with Gasteiger partial charge < -0.3 is 10.1 Å². The van der Waals surface area contributed by atoms with Crippen LogP contribution in [0.2, 0.25) is 0 Å². The molecule has 2 aromatic carbocycles. The van der Waals surface area contributed by atoms with Crippen molar-refractivity contribution >= 4 is 21.6 Å². The molecule has 2 rings (SSSR count). The number of amides is 1. The summed E-state index contributed by atoms with van der Waals surface area (Å²) in [6, 6.07) is 14.0. The zero-order chi connectivity index (χ0) is 18.4. The van der Waals surface area contributed by atoms with E-state index < -0.39 is 10.0 Å². The zero-order valence-electron chi connectivity index (χ0n) is 14.4. The van der Waals surface area contributed by atoms with Crippen molar-refractivity contribution in [2.75, 3.05) is 18.1 Å². The highest BCUT2D eigenvalue weighted by Crippen LogP contribution is 2.18. The van der Waals surface area contributed by atoms with Gasteiger partial charge in [0.2, 0.25) is 15.9 Å². The summed E-state index contributed by atoms with van der Waals surface area (Å²) in [5.74, 6) is 0.631. The van der Waals surface area contributed by atoms with Crippen LogP contribution in [-0.2, 0) is 21.2 Å². The van der Waals surface area contributed by atoms with Crippen LogP contribution in [0.4, 0.5) is 5.69 Å². The minimum Gasteiger partial charge on any atom is -0.497 e. The summed E-state index contributed by atoms with van der Waals surface area (Å²) >= 11 is 0. The van der Waals surface area contributed by atoms with Crippen LogP contribution in [-0.4, -0.2) is 27.7 Å². The van der Waals surface area contributed by atoms with Crippen LogP contribution in [0.3, 0.4) is 0 Å². The molecule has 2 aromatic rings. The maximum absolute atomic E-state index is 12.2.